The van der Waals surface area contributed by atoms with Crippen LogP contribution in [0.3, 0.4) is 0 Å². The Morgan fingerprint density at radius 3 is 2.38 bits per heavy atom. The van der Waals surface area contributed by atoms with Crippen molar-refractivity contribution in [3.8, 4) is 11.5 Å². The second-order valence-corrected chi connectivity index (χ2v) is 5.81. The zero-order chi connectivity index (χ0) is 19.2. The molecule has 2 aromatic rings. The van der Waals surface area contributed by atoms with E-state index in [0.29, 0.717) is 5.75 Å². The number of halogens is 3. The molecule has 0 saturated heterocycles. The summed E-state index contributed by atoms with van der Waals surface area (Å²) in [6, 6.07) is 11.7. The predicted octanol–water partition coefficient (Wildman–Crippen LogP) is 3.94. The molecule has 0 bridgehead atoms. The number of hydrogen-bond donors (Lipinski definition) is 1. The molecule has 0 unspecified atom stereocenters. The van der Waals surface area contributed by atoms with Crippen molar-refractivity contribution in [2.24, 2.45) is 0 Å². The lowest BCUT2D eigenvalue weighted by atomic mass is 10.1. The Labute approximate surface area is 149 Å². The Morgan fingerprint density at radius 1 is 1.04 bits per heavy atom. The predicted molar refractivity (Wildman–Crippen MR) is 91.2 cm³/mol. The van der Waals surface area contributed by atoms with Gasteiger partial charge in [0.2, 0.25) is 0 Å². The molecule has 2 aromatic carbocycles. The largest absolute Gasteiger partial charge is 0.484 e. The molecule has 0 aliphatic heterocycles. The van der Waals surface area contributed by atoms with Gasteiger partial charge in [0.25, 0.3) is 5.91 Å². The average Bonchev–Trinajstić information content (AvgIpc) is 2.59. The van der Waals surface area contributed by atoms with Gasteiger partial charge in [0.15, 0.2) is 13.2 Å². The molecular formula is C19H20F3NO3. The molecule has 0 heterocycles. The van der Waals surface area contributed by atoms with Gasteiger partial charge in [-0.1, -0.05) is 24.3 Å². The topological polar surface area (TPSA) is 47.6 Å². The van der Waals surface area contributed by atoms with Gasteiger partial charge < -0.3 is 14.8 Å². The molecule has 0 spiro atoms. The van der Waals surface area contributed by atoms with Crippen LogP contribution in [0.4, 0.5) is 13.2 Å². The van der Waals surface area contributed by atoms with Gasteiger partial charge in [-0.05, 0) is 48.7 Å². The van der Waals surface area contributed by atoms with Gasteiger partial charge in [-0.25, -0.2) is 0 Å². The summed E-state index contributed by atoms with van der Waals surface area (Å²) in [6.07, 6.45) is -4.37. The third-order valence-electron chi connectivity index (χ3n) is 3.73. The number of nitrogens with one attached hydrogen (secondary N) is 1. The summed E-state index contributed by atoms with van der Waals surface area (Å²) in [5, 5.41) is 2.69. The number of carbonyl (C=O) groups is 1. The number of hydrogen-bond acceptors (Lipinski definition) is 3. The minimum Gasteiger partial charge on any atom is -0.484 e. The zero-order valence-corrected chi connectivity index (χ0v) is 14.5. The molecule has 0 aromatic heterocycles. The second-order valence-electron chi connectivity index (χ2n) is 5.81. The van der Waals surface area contributed by atoms with Gasteiger partial charge in [-0.3, -0.25) is 4.79 Å². The van der Waals surface area contributed by atoms with Crippen molar-refractivity contribution in [3.05, 3.63) is 59.2 Å². The van der Waals surface area contributed by atoms with Crippen molar-refractivity contribution in [1.82, 2.24) is 5.32 Å². The van der Waals surface area contributed by atoms with Gasteiger partial charge in [-0.15, -0.1) is 0 Å². The van der Waals surface area contributed by atoms with E-state index in [1.54, 1.807) is 18.2 Å². The number of carbonyl (C=O) groups excluding carboxylic acids is 1. The number of amides is 1. The molecule has 26 heavy (non-hydrogen) atoms. The van der Waals surface area contributed by atoms with E-state index in [-0.39, 0.29) is 24.8 Å². The monoisotopic (exact) mass is 367 g/mol. The average molecular weight is 367 g/mol. The van der Waals surface area contributed by atoms with Crippen molar-refractivity contribution in [2.45, 2.75) is 26.6 Å². The number of aryl methyl sites for hydroxylation is 1. The summed E-state index contributed by atoms with van der Waals surface area (Å²) in [6.45, 7) is 2.68. The zero-order valence-electron chi connectivity index (χ0n) is 14.5. The van der Waals surface area contributed by atoms with E-state index in [1.165, 1.54) is 12.1 Å². The fourth-order valence-corrected chi connectivity index (χ4v) is 2.14. The fraction of sp³-hybridized carbons (Fsp3) is 0.316. The molecule has 0 fully saturated rings. The Kier molecular flexibility index (Phi) is 6.49. The van der Waals surface area contributed by atoms with Crippen LogP contribution in [0.1, 0.15) is 16.7 Å². The fourth-order valence-electron chi connectivity index (χ4n) is 2.14. The molecule has 0 radical (unpaired) electrons. The SMILES string of the molecule is Cc1cccc(OCC(=O)NCc2ccc(OCC(F)(F)F)cc2)c1C. The van der Waals surface area contributed by atoms with Gasteiger partial charge in [-0.2, -0.15) is 13.2 Å². The minimum atomic E-state index is -4.37. The van der Waals surface area contributed by atoms with Crippen LogP contribution in [0.25, 0.3) is 0 Å². The smallest absolute Gasteiger partial charge is 0.422 e. The van der Waals surface area contributed by atoms with Crippen LogP contribution in [-0.2, 0) is 11.3 Å². The van der Waals surface area contributed by atoms with Crippen molar-refractivity contribution in [3.63, 3.8) is 0 Å². The second kappa shape index (κ2) is 8.60. The molecule has 0 aliphatic carbocycles. The number of alkyl halides is 3. The summed E-state index contributed by atoms with van der Waals surface area (Å²) in [7, 11) is 0. The summed E-state index contributed by atoms with van der Waals surface area (Å²) < 4.78 is 46.4. The van der Waals surface area contributed by atoms with E-state index in [4.69, 9.17) is 4.74 Å². The molecule has 1 N–H and O–H groups in total. The quantitative estimate of drug-likeness (QED) is 0.806. The summed E-state index contributed by atoms with van der Waals surface area (Å²) >= 11 is 0. The maximum Gasteiger partial charge on any atom is 0.422 e. The lowest BCUT2D eigenvalue weighted by Gasteiger charge is -2.11. The molecule has 4 nitrogen and oxygen atoms in total. The normalized spacial score (nSPS) is 11.1. The van der Waals surface area contributed by atoms with Crippen LogP contribution < -0.4 is 14.8 Å². The summed E-state index contributed by atoms with van der Waals surface area (Å²) in [4.78, 5) is 11.9. The van der Waals surface area contributed by atoms with Gasteiger partial charge in [0.05, 0.1) is 0 Å². The maximum absolute atomic E-state index is 12.1. The van der Waals surface area contributed by atoms with Gasteiger partial charge in [0.1, 0.15) is 11.5 Å². The van der Waals surface area contributed by atoms with Crippen LogP contribution in [0.2, 0.25) is 0 Å². The first kappa shape index (κ1) is 19.6. The Balaban J connectivity index is 1.77. The first-order chi connectivity index (χ1) is 12.2. The molecule has 0 saturated carbocycles. The highest BCUT2D eigenvalue weighted by atomic mass is 19.4. The Morgan fingerprint density at radius 2 is 1.73 bits per heavy atom. The molecule has 0 atom stereocenters. The van der Waals surface area contributed by atoms with E-state index >= 15 is 0 Å². The number of benzene rings is 2. The van der Waals surface area contributed by atoms with E-state index in [2.05, 4.69) is 10.1 Å². The van der Waals surface area contributed by atoms with Gasteiger partial charge in [0, 0.05) is 6.54 Å². The van der Waals surface area contributed by atoms with E-state index in [9.17, 15) is 18.0 Å². The maximum atomic E-state index is 12.1. The highest BCUT2D eigenvalue weighted by molar-refractivity contribution is 5.77. The molecule has 1 amide bonds. The van der Waals surface area contributed by atoms with Crippen LogP contribution in [-0.4, -0.2) is 25.3 Å². The van der Waals surface area contributed by atoms with E-state index < -0.39 is 12.8 Å². The Hall–Kier alpha value is -2.70. The number of ether oxygens (including phenoxy) is 2. The van der Waals surface area contributed by atoms with Crippen molar-refractivity contribution in [2.75, 3.05) is 13.2 Å². The third-order valence-corrected chi connectivity index (χ3v) is 3.73. The molecule has 7 heteroatoms. The first-order valence-electron chi connectivity index (χ1n) is 7.99. The highest BCUT2D eigenvalue weighted by Crippen LogP contribution is 2.20. The van der Waals surface area contributed by atoms with E-state index in [0.717, 1.165) is 16.7 Å². The van der Waals surface area contributed by atoms with Crippen molar-refractivity contribution >= 4 is 5.91 Å². The van der Waals surface area contributed by atoms with Gasteiger partial charge >= 0.3 is 6.18 Å². The lowest BCUT2D eigenvalue weighted by molar-refractivity contribution is -0.153. The Bertz CT molecular complexity index is 743. The molecule has 140 valence electrons. The van der Waals surface area contributed by atoms with E-state index in [1.807, 2.05) is 26.0 Å². The third kappa shape index (κ3) is 6.31. The van der Waals surface area contributed by atoms with Crippen molar-refractivity contribution < 1.29 is 27.4 Å². The highest BCUT2D eigenvalue weighted by Gasteiger charge is 2.28. The van der Waals surface area contributed by atoms with Crippen LogP contribution >= 0.6 is 0 Å². The summed E-state index contributed by atoms with van der Waals surface area (Å²) in [5.74, 6) is 0.491. The standard InChI is InChI=1S/C19H20F3NO3/c1-13-4-3-5-17(14(13)2)25-11-18(24)23-10-15-6-8-16(9-7-15)26-12-19(20,21)22/h3-9H,10-12H2,1-2H3,(H,23,24). The lowest BCUT2D eigenvalue weighted by Crippen LogP contribution is -2.28. The molecular weight excluding hydrogens is 347 g/mol. The van der Waals surface area contributed by atoms with Crippen LogP contribution in [0.15, 0.2) is 42.5 Å². The molecule has 0 aliphatic rings. The minimum absolute atomic E-state index is 0.114. The molecule has 2 rings (SSSR count). The first-order valence-corrected chi connectivity index (χ1v) is 7.99. The number of rotatable bonds is 7. The van der Waals surface area contributed by atoms with Crippen molar-refractivity contribution in [1.29, 1.82) is 0 Å². The summed E-state index contributed by atoms with van der Waals surface area (Å²) in [5.41, 5.74) is 2.80. The van der Waals surface area contributed by atoms with Crippen LogP contribution in [0, 0.1) is 13.8 Å². The van der Waals surface area contributed by atoms with Crippen LogP contribution in [0.5, 0.6) is 11.5 Å².